The second-order valence-electron chi connectivity index (χ2n) is 1.40. The zero-order valence-electron chi connectivity index (χ0n) is 4.05. The van der Waals surface area contributed by atoms with Gasteiger partial charge in [0.2, 0.25) is 0 Å². The number of hydrogen-bond acceptors (Lipinski definition) is 2. The van der Waals surface area contributed by atoms with Crippen LogP contribution in [0.15, 0.2) is 0 Å². The fourth-order valence-corrected chi connectivity index (χ4v) is 0. The van der Waals surface area contributed by atoms with E-state index in [0.29, 0.717) is 6.16 Å². The second kappa shape index (κ2) is 1.87. The van der Waals surface area contributed by atoms with E-state index in [1.165, 1.54) is 6.66 Å². The van der Waals surface area contributed by atoms with Crippen molar-refractivity contribution < 1.29 is 9.79 Å². The summed E-state index contributed by atoms with van der Waals surface area (Å²) in [6.45, 7) is 3.22. The van der Waals surface area contributed by atoms with Gasteiger partial charge in [-0.05, 0) is 6.92 Å². The SMILES string of the molecule is CC[P+](C)(O)O. The van der Waals surface area contributed by atoms with Crippen molar-refractivity contribution in [3.63, 3.8) is 0 Å². The topological polar surface area (TPSA) is 40.5 Å². The molecule has 0 aromatic heterocycles. The van der Waals surface area contributed by atoms with Crippen molar-refractivity contribution in [1.82, 2.24) is 0 Å². The summed E-state index contributed by atoms with van der Waals surface area (Å²) in [6.07, 6.45) is 0.493. The molecule has 0 amide bonds. The minimum atomic E-state index is -2.40. The Morgan fingerprint density at radius 2 is 1.67 bits per heavy atom. The summed E-state index contributed by atoms with van der Waals surface area (Å²) < 4.78 is 0. The molecule has 2 N–H and O–H groups in total. The lowest BCUT2D eigenvalue weighted by Crippen LogP contribution is -1.86. The molecule has 38 valence electrons. The molecule has 0 saturated heterocycles. The second-order valence-corrected chi connectivity index (χ2v) is 4.21. The summed E-state index contributed by atoms with van der Waals surface area (Å²) in [5, 5.41) is 0. The van der Waals surface area contributed by atoms with Crippen LogP contribution in [0.5, 0.6) is 0 Å². The molecule has 0 aliphatic carbocycles. The molecule has 0 aromatic rings. The highest BCUT2D eigenvalue weighted by atomic mass is 31.2. The van der Waals surface area contributed by atoms with E-state index in [1.807, 2.05) is 0 Å². The maximum absolute atomic E-state index is 8.49. The van der Waals surface area contributed by atoms with Crippen LogP contribution in [0.2, 0.25) is 0 Å². The predicted octanol–water partition coefficient (Wildman–Crippen LogP) is 0.468. The summed E-state index contributed by atoms with van der Waals surface area (Å²) >= 11 is 0. The van der Waals surface area contributed by atoms with Crippen LogP contribution < -0.4 is 0 Å². The Balaban J connectivity index is 3.17. The molecule has 0 bridgehead atoms. The van der Waals surface area contributed by atoms with Crippen molar-refractivity contribution in [1.29, 1.82) is 0 Å². The van der Waals surface area contributed by atoms with Gasteiger partial charge in [-0.1, -0.05) is 0 Å². The van der Waals surface area contributed by atoms with Gasteiger partial charge in [0.1, 0.15) is 12.8 Å². The highest BCUT2D eigenvalue weighted by Gasteiger charge is 2.19. The molecule has 2 nitrogen and oxygen atoms in total. The minimum Gasteiger partial charge on any atom is -0.221 e. The van der Waals surface area contributed by atoms with Crippen molar-refractivity contribution in [2.75, 3.05) is 12.8 Å². The summed E-state index contributed by atoms with van der Waals surface area (Å²) in [5.74, 6) is 0. The summed E-state index contributed by atoms with van der Waals surface area (Å²) in [6, 6.07) is 0. The fraction of sp³-hybridized carbons (Fsp3) is 1.00. The molecule has 0 aliphatic heterocycles. The van der Waals surface area contributed by atoms with Gasteiger partial charge < -0.3 is 0 Å². The van der Waals surface area contributed by atoms with Crippen molar-refractivity contribution in [3.05, 3.63) is 0 Å². The molecule has 0 aromatic carbocycles. The fourth-order valence-electron chi connectivity index (χ4n) is 0. The molecule has 0 radical (unpaired) electrons. The van der Waals surface area contributed by atoms with Crippen LogP contribution in [0.25, 0.3) is 0 Å². The van der Waals surface area contributed by atoms with E-state index in [-0.39, 0.29) is 0 Å². The lowest BCUT2D eigenvalue weighted by Gasteiger charge is -1.98. The number of hydrogen-bond donors (Lipinski definition) is 2. The molecule has 0 heterocycles. The van der Waals surface area contributed by atoms with E-state index < -0.39 is 7.72 Å². The monoisotopic (exact) mass is 109 g/mol. The average molecular weight is 109 g/mol. The maximum Gasteiger partial charge on any atom is 0.264 e. The van der Waals surface area contributed by atoms with Gasteiger partial charge in [0.05, 0.1) is 0 Å². The van der Waals surface area contributed by atoms with Gasteiger partial charge in [-0.3, -0.25) is 0 Å². The van der Waals surface area contributed by atoms with Gasteiger partial charge in [-0.2, -0.15) is 0 Å². The first kappa shape index (κ1) is 6.35. The standard InChI is InChI=1S/C3H10O2P/c1-3-6(2,4)5/h4-5H,3H2,1-2H3/q+1. The van der Waals surface area contributed by atoms with E-state index in [1.54, 1.807) is 6.92 Å². The largest absolute Gasteiger partial charge is 0.264 e. The molecular weight excluding hydrogens is 99.0 g/mol. The molecular formula is C3H10O2P+. The molecule has 0 aliphatic rings. The van der Waals surface area contributed by atoms with E-state index >= 15 is 0 Å². The van der Waals surface area contributed by atoms with Crippen LogP contribution in [0, 0.1) is 0 Å². The van der Waals surface area contributed by atoms with E-state index in [0.717, 1.165) is 0 Å². The van der Waals surface area contributed by atoms with Crippen LogP contribution in [-0.2, 0) is 0 Å². The van der Waals surface area contributed by atoms with Gasteiger partial charge in [0.15, 0.2) is 0 Å². The Morgan fingerprint density at radius 1 is 1.50 bits per heavy atom. The maximum atomic E-state index is 8.49. The third-order valence-corrected chi connectivity index (χ3v) is 1.80. The Morgan fingerprint density at radius 3 is 1.67 bits per heavy atom. The summed E-state index contributed by atoms with van der Waals surface area (Å²) in [4.78, 5) is 17.0. The van der Waals surface area contributed by atoms with Crippen molar-refractivity contribution in [2.45, 2.75) is 6.92 Å². The lowest BCUT2D eigenvalue weighted by molar-refractivity contribution is 0.460. The van der Waals surface area contributed by atoms with Gasteiger partial charge in [-0.25, -0.2) is 9.79 Å². The molecule has 6 heavy (non-hydrogen) atoms. The molecule has 0 atom stereocenters. The molecule has 0 spiro atoms. The number of rotatable bonds is 1. The van der Waals surface area contributed by atoms with Crippen LogP contribution in [0.1, 0.15) is 6.92 Å². The Labute approximate surface area is 38.3 Å². The van der Waals surface area contributed by atoms with Crippen molar-refractivity contribution in [3.8, 4) is 0 Å². The minimum absolute atomic E-state index is 0.493. The first-order valence-corrected chi connectivity index (χ1v) is 4.20. The summed E-state index contributed by atoms with van der Waals surface area (Å²) in [7, 11) is -2.40. The third-order valence-electron chi connectivity index (χ3n) is 0.599. The van der Waals surface area contributed by atoms with Gasteiger partial charge >= 0.3 is 0 Å². The van der Waals surface area contributed by atoms with Gasteiger partial charge in [0, 0.05) is 0 Å². The molecule has 3 heteroatoms. The Bertz CT molecular complexity index is 38.5. The van der Waals surface area contributed by atoms with Gasteiger partial charge in [0.25, 0.3) is 7.72 Å². The highest BCUT2D eigenvalue weighted by molar-refractivity contribution is 7.63. The van der Waals surface area contributed by atoms with Crippen LogP contribution in [-0.4, -0.2) is 22.6 Å². The van der Waals surface area contributed by atoms with E-state index in [4.69, 9.17) is 9.79 Å². The van der Waals surface area contributed by atoms with Crippen molar-refractivity contribution in [2.24, 2.45) is 0 Å². The van der Waals surface area contributed by atoms with E-state index in [9.17, 15) is 0 Å². The molecule has 0 unspecified atom stereocenters. The third kappa shape index (κ3) is 4.35. The lowest BCUT2D eigenvalue weighted by atomic mass is 11.0. The Hall–Kier alpha value is 0.350. The van der Waals surface area contributed by atoms with Crippen LogP contribution >= 0.6 is 7.72 Å². The normalized spacial score (nSPS) is 12.0. The highest BCUT2D eigenvalue weighted by Crippen LogP contribution is 2.43. The molecule has 0 rings (SSSR count). The quantitative estimate of drug-likeness (QED) is 0.480. The smallest absolute Gasteiger partial charge is 0.221 e. The van der Waals surface area contributed by atoms with Crippen LogP contribution in [0.3, 0.4) is 0 Å². The zero-order chi connectivity index (χ0) is 5.21. The first-order chi connectivity index (χ1) is 2.56. The molecule has 0 saturated carbocycles. The van der Waals surface area contributed by atoms with Gasteiger partial charge in [-0.15, -0.1) is 0 Å². The first-order valence-electron chi connectivity index (χ1n) is 1.87. The summed E-state index contributed by atoms with van der Waals surface area (Å²) in [5.41, 5.74) is 0. The Kier molecular flexibility index (Phi) is 1.98. The zero-order valence-corrected chi connectivity index (χ0v) is 4.94. The molecule has 0 fully saturated rings. The average Bonchev–Trinajstić information content (AvgIpc) is 1.35. The van der Waals surface area contributed by atoms with Crippen molar-refractivity contribution >= 4 is 7.72 Å². The van der Waals surface area contributed by atoms with E-state index in [2.05, 4.69) is 0 Å². The predicted molar refractivity (Wildman–Crippen MR) is 27.8 cm³/mol. The van der Waals surface area contributed by atoms with Crippen LogP contribution in [0.4, 0.5) is 0 Å².